The molecular weight excluding hydrogens is 478 g/mol. The van der Waals surface area contributed by atoms with E-state index in [1.165, 1.54) is 0 Å². The second kappa shape index (κ2) is 12.0. The van der Waals surface area contributed by atoms with Crippen molar-refractivity contribution in [2.75, 3.05) is 5.32 Å². The van der Waals surface area contributed by atoms with Gasteiger partial charge in [-0.25, -0.2) is 4.79 Å². The van der Waals surface area contributed by atoms with Crippen LogP contribution in [0.2, 0.25) is 0 Å². The first-order valence-corrected chi connectivity index (χ1v) is 13.6. The summed E-state index contributed by atoms with van der Waals surface area (Å²) in [6.45, 7) is 15.1. The zero-order chi connectivity index (χ0) is 28.2. The van der Waals surface area contributed by atoms with Crippen molar-refractivity contribution in [3.63, 3.8) is 0 Å². The predicted molar refractivity (Wildman–Crippen MR) is 151 cm³/mol. The molecule has 2 aromatic carbocycles. The Kier molecular flexibility index (Phi) is 9.23. The number of rotatable bonds is 9. The lowest BCUT2D eigenvalue weighted by Crippen LogP contribution is -2.55. The third kappa shape index (κ3) is 7.15. The van der Waals surface area contributed by atoms with Crippen LogP contribution >= 0.6 is 0 Å². The topological polar surface area (TPSA) is 87.7 Å². The van der Waals surface area contributed by atoms with Gasteiger partial charge in [-0.3, -0.25) is 9.59 Å². The van der Waals surface area contributed by atoms with Gasteiger partial charge in [0.2, 0.25) is 5.91 Å². The molecule has 0 bridgehead atoms. The second-order valence-corrected chi connectivity index (χ2v) is 11.5. The molecule has 7 nitrogen and oxygen atoms in total. The second-order valence-electron chi connectivity index (χ2n) is 11.5. The molecule has 0 radical (unpaired) electrons. The Labute approximate surface area is 227 Å². The lowest BCUT2D eigenvalue weighted by Gasteiger charge is -2.37. The molecule has 2 aromatic rings. The molecule has 1 aliphatic rings. The highest BCUT2D eigenvalue weighted by Gasteiger charge is 2.45. The number of ether oxygens (including phenoxy) is 1. The van der Waals surface area contributed by atoms with Crippen molar-refractivity contribution in [3.05, 3.63) is 64.7 Å². The SMILES string of the molecule is CCC(C)C(NC(=O)OC(C)(C)C)C(=O)N(C1CC1)C(C(=O)Nc1c(C)cccc1C)c1ccccc1C. The van der Waals surface area contributed by atoms with E-state index in [0.29, 0.717) is 6.42 Å². The van der Waals surface area contributed by atoms with E-state index in [1.54, 1.807) is 25.7 Å². The molecule has 206 valence electrons. The summed E-state index contributed by atoms with van der Waals surface area (Å²) in [4.78, 5) is 42.9. The van der Waals surface area contributed by atoms with Crippen LogP contribution in [0.1, 0.15) is 82.2 Å². The van der Waals surface area contributed by atoms with Crippen LogP contribution in [-0.4, -0.2) is 40.5 Å². The maximum Gasteiger partial charge on any atom is 0.408 e. The van der Waals surface area contributed by atoms with E-state index in [4.69, 9.17) is 4.74 Å². The minimum atomic E-state index is -0.845. The van der Waals surface area contributed by atoms with Gasteiger partial charge in [-0.05, 0) is 82.6 Å². The number of carbonyl (C=O) groups excluding carboxylic acids is 3. The number of benzene rings is 2. The molecule has 0 aliphatic heterocycles. The smallest absolute Gasteiger partial charge is 0.408 e. The number of nitrogens with zero attached hydrogens (tertiary/aromatic N) is 1. The van der Waals surface area contributed by atoms with Crippen LogP contribution in [0.5, 0.6) is 0 Å². The highest BCUT2D eigenvalue weighted by Crippen LogP contribution is 2.38. The standard InChI is InChI=1S/C31H43N3O4/c1-9-19(2)26(33-30(37)38-31(6,7)8)29(36)34(23-17-18-23)27(24-16-11-10-13-20(24)3)28(35)32-25-21(4)14-12-15-22(25)5/h10-16,19,23,26-27H,9,17-18H2,1-8H3,(H,32,35)(H,33,37). The van der Waals surface area contributed by atoms with Gasteiger partial charge in [-0.1, -0.05) is 62.7 Å². The zero-order valence-electron chi connectivity index (χ0n) is 24.1. The Balaban J connectivity index is 2.04. The van der Waals surface area contributed by atoms with Crippen molar-refractivity contribution in [1.82, 2.24) is 10.2 Å². The average Bonchev–Trinajstić information content (AvgIpc) is 3.67. The first kappa shape index (κ1) is 29.2. The fourth-order valence-corrected chi connectivity index (χ4v) is 4.66. The summed E-state index contributed by atoms with van der Waals surface area (Å²) in [5, 5.41) is 5.96. The molecule has 38 heavy (non-hydrogen) atoms. The van der Waals surface area contributed by atoms with Crippen molar-refractivity contribution in [3.8, 4) is 0 Å². The van der Waals surface area contributed by atoms with E-state index < -0.39 is 23.8 Å². The molecule has 3 atom stereocenters. The van der Waals surface area contributed by atoms with Crippen LogP contribution < -0.4 is 10.6 Å². The number of hydrogen-bond acceptors (Lipinski definition) is 4. The summed E-state index contributed by atoms with van der Waals surface area (Å²) < 4.78 is 5.49. The normalized spacial score (nSPS) is 15.7. The lowest BCUT2D eigenvalue weighted by molar-refractivity contribution is -0.142. The molecule has 0 saturated heterocycles. The molecule has 0 spiro atoms. The summed E-state index contributed by atoms with van der Waals surface area (Å²) in [6.07, 6.45) is 1.66. The number of alkyl carbamates (subject to hydrolysis) is 1. The van der Waals surface area contributed by atoms with Gasteiger partial charge < -0.3 is 20.3 Å². The van der Waals surface area contributed by atoms with E-state index >= 15 is 0 Å². The van der Waals surface area contributed by atoms with Crippen molar-refractivity contribution in [2.45, 2.75) is 98.4 Å². The molecule has 7 heteroatoms. The van der Waals surface area contributed by atoms with Crippen molar-refractivity contribution < 1.29 is 19.1 Å². The Morgan fingerprint density at radius 1 is 0.974 bits per heavy atom. The van der Waals surface area contributed by atoms with Gasteiger partial charge >= 0.3 is 6.09 Å². The van der Waals surface area contributed by atoms with Crippen LogP contribution in [0.15, 0.2) is 42.5 Å². The van der Waals surface area contributed by atoms with Gasteiger partial charge in [0.25, 0.3) is 5.91 Å². The lowest BCUT2D eigenvalue weighted by atomic mass is 9.94. The number of aryl methyl sites for hydroxylation is 3. The molecule has 0 heterocycles. The maximum absolute atomic E-state index is 14.3. The molecule has 1 aliphatic carbocycles. The first-order valence-electron chi connectivity index (χ1n) is 13.6. The maximum atomic E-state index is 14.3. The largest absolute Gasteiger partial charge is 0.444 e. The van der Waals surface area contributed by atoms with Crippen LogP contribution in [-0.2, 0) is 14.3 Å². The number of amides is 3. The number of carbonyl (C=O) groups is 3. The van der Waals surface area contributed by atoms with Gasteiger partial charge in [0.05, 0.1) is 0 Å². The zero-order valence-corrected chi connectivity index (χ0v) is 24.1. The summed E-state index contributed by atoms with van der Waals surface area (Å²) in [7, 11) is 0. The Bertz CT molecular complexity index is 1150. The van der Waals surface area contributed by atoms with Gasteiger partial charge in [-0.15, -0.1) is 0 Å². The highest BCUT2D eigenvalue weighted by molar-refractivity contribution is 6.00. The fourth-order valence-electron chi connectivity index (χ4n) is 4.66. The quantitative estimate of drug-likeness (QED) is 0.410. The highest BCUT2D eigenvalue weighted by atomic mass is 16.6. The van der Waals surface area contributed by atoms with E-state index in [0.717, 1.165) is 40.8 Å². The Morgan fingerprint density at radius 2 is 1.55 bits per heavy atom. The number of para-hydroxylation sites is 1. The first-order chi connectivity index (χ1) is 17.8. The van der Waals surface area contributed by atoms with Crippen LogP contribution in [0.4, 0.5) is 10.5 Å². The summed E-state index contributed by atoms with van der Waals surface area (Å²) >= 11 is 0. The van der Waals surface area contributed by atoms with Crippen LogP contribution in [0.25, 0.3) is 0 Å². The third-order valence-electron chi connectivity index (χ3n) is 7.08. The Hall–Kier alpha value is -3.35. The van der Waals surface area contributed by atoms with E-state index in [2.05, 4.69) is 10.6 Å². The van der Waals surface area contributed by atoms with E-state index in [-0.39, 0.29) is 23.8 Å². The molecular formula is C31H43N3O4. The monoisotopic (exact) mass is 521 g/mol. The average molecular weight is 522 g/mol. The molecule has 3 amide bonds. The van der Waals surface area contributed by atoms with Gasteiger partial charge in [0, 0.05) is 11.7 Å². The number of hydrogen-bond donors (Lipinski definition) is 2. The molecule has 1 fully saturated rings. The van der Waals surface area contributed by atoms with Crippen molar-refractivity contribution >= 4 is 23.6 Å². The van der Waals surface area contributed by atoms with Crippen molar-refractivity contribution in [1.29, 1.82) is 0 Å². The minimum Gasteiger partial charge on any atom is -0.444 e. The van der Waals surface area contributed by atoms with Gasteiger partial charge in [-0.2, -0.15) is 0 Å². The third-order valence-corrected chi connectivity index (χ3v) is 7.08. The molecule has 3 rings (SSSR count). The van der Waals surface area contributed by atoms with Gasteiger partial charge in [0.15, 0.2) is 0 Å². The Morgan fingerprint density at radius 3 is 2.08 bits per heavy atom. The predicted octanol–water partition coefficient (Wildman–Crippen LogP) is 6.22. The van der Waals surface area contributed by atoms with Crippen LogP contribution in [0.3, 0.4) is 0 Å². The fraction of sp³-hybridized carbons (Fsp3) is 0.516. The number of anilines is 1. The number of nitrogens with one attached hydrogen (secondary N) is 2. The molecule has 1 saturated carbocycles. The molecule has 2 N–H and O–H groups in total. The van der Waals surface area contributed by atoms with E-state index in [9.17, 15) is 14.4 Å². The van der Waals surface area contributed by atoms with E-state index in [1.807, 2.05) is 77.1 Å². The van der Waals surface area contributed by atoms with Gasteiger partial charge in [0.1, 0.15) is 17.7 Å². The summed E-state index contributed by atoms with van der Waals surface area (Å²) in [5.41, 5.74) is 3.66. The molecule has 0 aromatic heterocycles. The summed E-state index contributed by atoms with van der Waals surface area (Å²) in [5.74, 6) is -0.690. The molecule has 3 unspecified atom stereocenters. The minimum absolute atomic E-state index is 0.0807. The van der Waals surface area contributed by atoms with Crippen molar-refractivity contribution in [2.24, 2.45) is 5.92 Å². The summed E-state index contributed by atoms with van der Waals surface area (Å²) in [6, 6.07) is 11.8. The van der Waals surface area contributed by atoms with Crippen LogP contribution in [0, 0.1) is 26.7 Å².